The number of carbonyl (C=O) groups is 2. The molecule has 0 radical (unpaired) electrons. The SMILES string of the molecule is CCOC(=O)/C(C#N)=C/C(CC)C(O)(C(=O)OC)C(F)(F)F. The Morgan fingerprint density at radius 3 is 2.23 bits per heavy atom. The van der Waals surface area contributed by atoms with E-state index < -0.39 is 35.2 Å². The summed E-state index contributed by atoms with van der Waals surface area (Å²) in [5.41, 5.74) is -4.61. The smallest absolute Gasteiger partial charge is 0.428 e. The number of carbonyl (C=O) groups excluding carboxylic acids is 2. The Labute approximate surface area is 125 Å². The van der Waals surface area contributed by atoms with Gasteiger partial charge in [-0.25, -0.2) is 9.59 Å². The Bertz CT molecular complexity index is 495. The lowest BCUT2D eigenvalue weighted by atomic mass is 9.83. The van der Waals surface area contributed by atoms with Gasteiger partial charge in [-0.05, 0) is 13.3 Å². The van der Waals surface area contributed by atoms with Gasteiger partial charge in [0.1, 0.15) is 11.6 Å². The Balaban J connectivity index is 5.94. The molecule has 2 unspecified atom stereocenters. The normalized spacial score (nSPS) is 16.2. The van der Waals surface area contributed by atoms with Gasteiger partial charge in [-0.2, -0.15) is 18.4 Å². The predicted molar refractivity (Wildman–Crippen MR) is 67.1 cm³/mol. The molecule has 0 spiro atoms. The molecule has 2 atom stereocenters. The molecule has 6 nitrogen and oxygen atoms in total. The lowest BCUT2D eigenvalue weighted by molar-refractivity contribution is -0.273. The third-order valence-corrected chi connectivity index (χ3v) is 2.89. The van der Waals surface area contributed by atoms with Gasteiger partial charge in [-0.3, -0.25) is 0 Å². The number of nitrogens with zero attached hydrogens (tertiary/aromatic N) is 1. The quantitative estimate of drug-likeness (QED) is 0.452. The highest BCUT2D eigenvalue weighted by Gasteiger charge is 2.64. The Hall–Kier alpha value is -2.08. The first-order chi connectivity index (χ1) is 10.1. The van der Waals surface area contributed by atoms with Crippen LogP contribution in [-0.2, 0) is 19.1 Å². The molecule has 0 aliphatic rings. The molecule has 22 heavy (non-hydrogen) atoms. The molecule has 0 aliphatic carbocycles. The number of ether oxygens (including phenoxy) is 2. The van der Waals surface area contributed by atoms with Gasteiger partial charge < -0.3 is 14.6 Å². The van der Waals surface area contributed by atoms with Gasteiger partial charge in [0.15, 0.2) is 0 Å². The zero-order chi connectivity index (χ0) is 17.6. The van der Waals surface area contributed by atoms with E-state index in [1.807, 2.05) is 0 Å². The molecular weight excluding hydrogens is 307 g/mol. The van der Waals surface area contributed by atoms with Crippen LogP contribution in [0.4, 0.5) is 13.2 Å². The van der Waals surface area contributed by atoms with Crippen molar-refractivity contribution >= 4 is 11.9 Å². The molecule has 0 amide bonds. The zero-order valence-electron chi connectivity index (χ0n) is 12.2. The second kappa shape index (κ2) is 7.79. The van der Waals surface area contributed by atoms with Crippen LogP contribution >= 0.6 is 0 Å². The van der Waals surface area contributed by atoms with Gasteiger partial charge in [0.25, 0.3) is 5.60 Å². The van der Waals surface area contributed by atoms with Crippen molar-refractivity contribution in [2.24, 2.45) is 5.92 Å². The van der Waals surface area contributed by atoms with Gasteiger partial charge in [0.05, 0.1) is 13.7 Å². The minimum atomic E-state index is -5.35. The van der Waals surface area contributed by atoms with E-state index >= 15 is 0 Å². The van der Waals surface area contributed by atoms with Gasteiger partial charge >= 0.3 is 18.1 Å². The van der Waals surface area contributed by atoms with Gasteiger partial charge in [-0.15, -0.1) is 0 Å². The van der Waals surface area contributed by atoms with Crippen molar-refractivity contribution < 1.29 is 37.3 Å². The summed E-state index contributed by atoms with van der Waals surface area (Å²) < 4.78 is 47.8. The average Bonchev–Trinajstić information content (AvgIpc) is 2.45. The molecular formula is C13H16F3NO5. The number of alkyl halides is 3. The molecule has 0 bridgehead atoms. The molecule has 0 aromatic carbocycles. The van der Waals surface area contributed by atoms with E-state index in [0.29, 0.717) is 13.2 Å². The maximum Gasteiger partial charge on any atom is 0.428 e. The average molecular weight is 323 g/mol. The maximum absolute atomic E-state index is 13.1. The largest absolute Gasteiger partial charge is 0.467 e. The van der Waals surface area contributed by atoms with Gasteiger partial charge in [0, 0.05) is 5.92 Å². The Morgan fingerprint density at radius 1 is 1.36 bits per heavy atom. The van der Waals surface area contributed by atoms with E-state index in [2.05, 4.69) is 9.47 Å². The molecule has 0 saturated heterocycles. The third kappa shape index (κ3) is 3.98. The molecule has 0 fully saturated rings. The number of nitriles is 1. The van der Waals surface area contributed by atoms with Crippen molar-refractivity contribution in [2.75, 3.05) is 13.7 Å². The monoisotopic (exact) mass is 323 g/mol. The molecule has 0 heterocycles. The van der Waals surface area contributed by atoms with Crippen molar-refractivity contribution in [3.05, 3.63) is 11.6 Å². The summed E-state index contributed by atoms with van der Waals surface area (Å²) in [6.45, 7) is 2.61. The Kier molecular flexibility index (Phi) is 7.06. The summed E-state index contributed by atoms with van der Waals surface area (Å²) in [6, 6.07) is 1.39. The number of esters is 2. The Morgan fingerprint density at radius 2 is 1.91 bits per heavy atom. The van der Waals surface area contributed by atoms with Crippen LogP contribution in [0.15, 0.2) is 11.6 Å². The topological polar surface area (TPSA) is 96.6 Å². The maximum atomic E-state index is 13.1. The number of aliphatic hydroxyl groups is 1. The lowest BCUT2D eigenvalue weighted by Gasteiger charge is -2.33. The van der Waals surface area contributed by atoms with Crippen molar-refractivity contribution in [2.45, 2.75) is 32.0 Å². The highest BCUT2D eigenvalue weighted by Crippen LogP contribution is 2.40. The summed E-state index contributed by atoms with van der Waals surface area (Å²) >= 11 is 0. The second-order valence-electron chi connectivity index (χ2n) is 4.18. The molecule has 0 aromatic heterocycles. The molecule has 0 saturated carbocycles. The third-order valence-electron chi connectivity index (χ3n) is 2.89. The summed E-state index contributed by atoms with van der Waals surface area (Å²) in [5, 5.41) is 18.7. The van der Waals surface area contributed by atoms with Crippen LogP contribution in [0.3, 0.4) is 0 Å². The van der Waals surface area contributed by atoms with Gasteiger partial charge in [-0.1, -0.05) is 13.0 Å². The minimum Gasteiger partial charge on any atom is -0.467 e. The van der Waals surface area contributed by atoms with Crippen molar-refractivity contribution in [3.8, 4) is 6.07 Å². The first-order valence-corrected chi connectivity index (χ1v) is 6.26. The number of methoxy groups -OCH3 is 1. The van der Waals surface area contributed by atoms with Crippen LogP contribution in [-0.4, -0.2) is 42.5 Å². The van der Waals surface area contributed by atoms with Crippen molar-refractivity contribution in [3.63, 3.8) is 0 Å². The molecule has 124 valence electrons. The summed E-state index contributed by atoms with van der Waals surface area (Å²) in [4.78, 5) is 22.9. The lowest BCUT2D eigenvalue weighted by Crippen LogP contribution is -2.57. The number of hydrogen-bond donors (Lipinski definition) is 1. The van der Waals surface area contributed by atoms with E-state index in [1.165, 1.54) is 19.9 Å². The van der Waals surface area contributed by atoms with E-state index in [1.54, 1.807) is 0 Å². The summed E-state index contributed by atoms with van der Waals surface area (Å²) in [5.74, 6) is -4.96. The highest BCUT2D eigenvalue weighted by atomic mass is 19.4. The first kappa shape index (κ1) is 19.9. The predicted octanol–water partition coefficient (Wildman–Crippen LogP) is 1.49. The molecule has 0 aromatic rings. The molecule has 9 heteroatoms. The molecule has 0 aliphatic heterocycles. The zero-order valence-corrected chi connectivity index (χ0v) is 12.2. The van der Waals surface area contributed by atoms with Crippen LogP contribution in [0.1, 0.15) is 20.3 Å². The van der Waals surface area contributed by atoms with E-state index in [9.17, 15) is 27.9 Å². The second-order valence-corrected chi connectivity index (χ2v) is 4.18. The van der Waals surface area contributed by atoms with Crippen molar-refractivity contribution in [1.29, 1.82) is 5.26 Å². The fourth-order valence-corrected chi connectivity index (χ4v) is 1.73. The first-order valence-electron chi connectivity index (χ1n) is 6.26. The van der Waals surface area contributed by atoms with Crippen molar-refractivity contribution in [1.82, 2.24) is 0 Å². The van der Waals surface area contributed by atoms with E-state index in [-0.39, 0.29) is 13.0 Å². The molecule has 0 rings (SSSR count). The van der Waals surface area contributed by atoms with Crippen LogP contribution in [0.25, 0.3) is 0 Å². The molecule has 1 N–H and O–H groups in total. The summed E-state index contributed by atoms with van der Waals surface area (Å²) in [6.07, 6.45) is -5.16. The standard InChI is InChI=1S/C13H16F3NO5/c1-4-9(6-8(7-17)10(18)22-5-2)12(20,11(19)21-3)13(14,15)16/h6,9,20H,4-5H2,1-3H3/b8-6+. The van der Waals surface area contributed by atoms with E-state index in [0.717, 1.165) is 0 Å². The van der Waals surface area contributed by atoms with E-state index in [4.69, 9.17) is 5.26 Å². The van der Waals surface area contributed by atoms with Crippen LogP contribution in [0, 0.1) is 17.2 Å². The number of rotatable bonds is 6. The van der Waals surface area contributed by atoms with Crippen LogP contribution < -0.4 is 0 Å². The highest BCUT2D eigenvalue weighted by molar-refractivity contribution is 5.93. The van der Waals surface area contributed by atoms with Crippen LogP contribution in [0.2, 0.25) is 0 Å². The number of hydrogen-bond acceptors (Lipinski definition) is 6. The van der Waals surface area contributed by atoms with Gasteiger partial charge in [0.2, 0.25) is 0 Å². The van der Waals surface area contributed by atoms with Crippen LogP contribution in [0.5, 0.6) is 0 Å². The summed E-state index contributed by atoms with van der Waals surface area (Å²) in [7, 11) is 0.687. The number of halogens is 3. The fourth-order valence-electron chi connectivity index (χ4n) is 1.73. The minimum absolute atomic E-state index is 0.0881. The fraction of sp³-hybridized carbons (Fsp3) is 0.615.